The van der Waals surface area contributed by atoms with Crippen LogP contribution in [-0.2, 0) is 21.2 Å². The summed E-state index contributed by atoms with van der Waals surface area (Å²) >= 11 is 0. The molecular formula is C24H25FN2O4S. The van der Waals surface area contributed by atoms with Crippen LogP contribution in [0.25, 0.3) is 0 Å². The standard InChI is InChI=1S/C24H25FN2O4S/c1-16-5-4-6-17(2)24(16)27-32(29,30)20-11-9-19(10-12-20)26-23(28)14-8-18-7-13-22(31-3)21(25)15-18/h4-7,9-13,15,27H,8,14H2,1-3H3,(H,26,28). The summed E-state index contributed by atoms with van der Waals surface area (Å²) in [4.78, 5) is 12.3. The molecule has 0 saturated heterocycles. The SMILES string of the molecule is COc1ccc(CCC(=O)Nc2ccc(S(=O)(=O)Nc3c(C)cccc3C)cc2)cc1F. The second-order valence-corrected chi connectivity index (χ2v) is 9.10. The second kappa shape index (κ2) is 9.82. The van der Waals surface area contributed by atoms with Gasteiger partial charge in [0.15, 0.2) is 11.6 Å². The summed E-state index contributed by atoms with van der Waals surface area (Å²) < 4.78 is 46.7. The van der Waals surface area contributed by atoms with E-state index in [1.54, 1.807) is 6.07 Å². The molecule has 0 heterocycles. The van der Waals surface area contributed by atoms with Gasteiger partial charge in [-0.3, -0.25) is 9.52 Å². The van der Waals surface area contributed by atoms with Gasteiger partial charge in [0.2, 0.25) is 5.91 Å². The van der Waals surface area contributed by atoms with E-state index in [2.05, 4.69) is 10.0 Å². The van der Waals surface area contributed by atoms with Crippen LogP contribution in [0.15, 0.2) is 65.6 Å². The summed E-state index contributed by atoms with van der Waals surface area (Å²) in [6.45, 7) is 3.67. The number of halogens is 1. The molecule has 0 aliphatic heterocycles. The second-order valence-electron chi connectivity index (χ2n) is 7.41. The van der Waals surface area contributed by atoms with Gasteiger partial charge in [0.1, 0.15) is 0 Å². The van der Waals surface area contributed by atoms with Crippen molar-refractivity contribution in [3.63, 3.8) is 0 Å². The summed E-state index contributed by atoms with van der Waals surface area (Å²) in [5, 5.41) is 2.72. The first-order chi connectivity index (χ1) is 15.2. The van der Waals surface area contributed by atoms with E-state index in [0.29, 0.717) is 23.4 Å². The lowest BCUT2D eigenvalue weighted by Crippen LogP contribution is -2.15. The molecule has 0 bridgehead atoms. The Labute approximate surface area is 187 Å². The zero-order valence-electron chi connectivity index (χ0n) is 18.1. The van der Waals surface area contributed by atoms with Gasteiger partial charge in [0, 0.05) is 12.1 Å². The number of ether oxygens (including phenoxy) is 1. The van der Waals surface area contributed by atoms with Crippen LogP contribution in [0.3, 0.4) is 0 Å². The molecule has 0 saturated carbocycles. The number of benzene rings is 3. The molecule has 0 spiro atoms. The molecule has 0 atom stereocenters. The first-order valence-corrected chi connectivity index (χ1v) is 11.5. The van der Waals surface area contributed by atoms with Gasteiger partial charge in [-0.1, -0.05) is 24.3 Å². The molecule has 3 aromatic carbocycles. The van der Waals surface area contributed by atoms with Crippen molar-refractivity contribution in [3.8, 4) is 5.75 Å². The fraction of sp³-hybridized carbons (Fsp3) is 0.208. The fourth-order valence-electron chi connectivity index (χ4n) is 3.23. The molecule has 8 heteroatoms. The molecule has 1 amide bonds. The number of sulfonamides is 1. The highest BCUT2D eigenvalue weighted by Crippen LogP contribution is 2.24. The molecule has 0 fully saturated rings. The van der Waals surface area contributed by atoms with Gasteiger partial charge in [-0.15, -0.1) is 0 Å². The van der Waals surface area contributed by atoms with Crippen molar-refractivity contribution in [2.45, 2.75) is 31.6 Å². The number of rotatable bonds is 8. The minimum absolute atomic E-state index is 0.0897. The van der Waals surface area contributed by atoms with E-state index in [4.69, 9.17) is 4.74 Å². The number of methoxy groups -OCH3 is 1. The minimum Gasteiger partial charge on any atom is -0.494 e. The number of amides is 1. The Bertz CT molecular complexity index is 1200. The van der Waals surface area contributed by atoms with Crippen LogP contribution in [0.5, 0.6) is 5.75 Å². The highest BCUT2D eigenvalue weighted by Gasteiger charge is 2.16. The van der Waals surface area contributed by atoms with Crippen LogP contribution in [0.2, 0.25) is 0 Å². The van der Waals surface area contributed by atoms with Gasteiger partial charge in [-0.2, -0.15) is 0 Å². The van der Waals surface area contributed by atoms with E-state index in [1.165, 1.54) is 43.5 Å². The van der Waals surface area contributed by atoms with Crippen molar-refractivity contribution < 1.29 is 22.3 Å². The van der Waals surface area contributed by atoms with E-state index in [1.807, 2.05) is 32.0 Å². The zero-order chi connectivity index (χ0) is 23.3. The first kappa shape index (κ1) is 23.3. The van der Waals surface area contributed by atoms with Gasteiger partial charge in [0.25, 0.3) is 10.0 Å². The summed E-state index contributed by atoms with van der Waals surface area (Å²) in [6, 6.07) is 16.0. The molecule has 0 aromatic heterocycles. The van der Waals surface area contributed by atoms with Crippen LogP contribution >= 0.6 is 0 Å². The maximum Gasteiger partial charge on any atom is 0.261 e. The lowest BCUT2D eigenvalue weighted by molar-refractivity contribution is -0.116. The number of aryl methyl sites for hydroxylation is 3. The van der Waals surface area contributed by atoms with E-state index in [9.17, 15) is 17.6 Å². The maximum absolute atomic E-state index is 13.8. The van der Waals surface area contributed by atoms with Crippen molar-refractivity contribution >= 4 is 27.3 Å². The third kappa shape index (κ3) is 5.64. The number of carbonyl (C=O) groups is 1. The number of hydrogen-bond acceptors (Lipinski definition) is 4. The van der Waals surface area contributed by atoms with E-state index in [0.717, 1.165) is 11.1 Å². The molecule has 2 N–H and O–H groups in total. The third-order valence-electron chi connectivity index (χ3n) is 5.02. The number of para-hydroxylation sites is 1. The van der Waals surface area contributed by atoms with Crippen molar-refractivity contribution in [1.29, 1.82) is 0 Å². The molecule has 32 heavy (non-hydrogen) atoms. The average Bonchev–Trinajstić information content (AvgIpc) is 2.75. The van der Waals surface area contributed by atoms with E-state index >= 15 is 0 Å². The molecule has 3 rings (SSSR count). The van der Waals surface area contributed by atoms with Crippen molar-refractivity contribution in [3.05, 3.63) is 83.2 Å². The Morgan fingerprint density at radius 1 is 1.00 bits per heavy atom. The molecule has 6 nitrogen and oxygen atoms in total. The van der Waals surface area contributed by atoms with Crippen molar-refractivity contribution in [2.24, 2.45) is 0 Å². The van der Waals surface area contributed by atoms with Crippen LogP contribution in [0, 0.1) is 19.7 Å². The number of carbonyl (C=O) groups excluding carboxylic acids is 1. The summed E-state index contributed by atoms with van der Waals surface area (Å²) in [7, 11) is -2.38. The molecule has 3 aromatic rings. The van der Waals surface area contributed by atoms with Crippen LogP contribution in [-0.4, -0.2) is 21.4 Å². The summed E-state index contributed by atoms with van der Waals surface area (Å²) in [5.41, 5.74) is 3.36. The monoisotopic (exact) mass is 456 g/mol. The molecule has 0 radical (unpaired) electrons. The highest BCUT2D eigenvalue weighted by atomic mass is 32.2. The van der Waals surface area contributed by atoms with Crippen LogP contribution < -0.4 is 14.8 Å². The molecule has 0 unspecified atom stereocenters. The summed E-state index contributed by atoms with van der Waals surface area (Å²) in [6.07, 6.45) is 0.513. The Balaban J connectivity index is 1.61. The van der Waals surface area contributed by atoms with Crippen LogP contribution in [0.1, 0.15) is 23.1 Å². The third-order valence-corrected chi connectivity index (χ3v) is 6.39. The van der Waals surface area contributed by atoms with Gasteiger partial charge in [-0.05, 0) is 73.4 Å². The largest absolute Gasteiger partial charge is 0.494 e. The average molecular weight is 457 g/mol. The lowest BCUT2D eigenvalue weighted by atomic mass is 10.1. The predicted octanol–water partition coefficient (Wildman–Crippen LogP) is 4.82. The molecule has 0 aliphatic carbocycles. The normalized spacial score (nSPS) is 11.1. The van der Waals surface area contributed by atoms with Gasteiger partial charge in [0.05, 0.1) is 17.7 Å². The van der Waals surface area contributed by atoms with Crippen molar-refractivity contribution in [2.75, 3.05) is 17.1 Å². The summed E-state index contributed by atoms with van der Waals surface area (Å²) in [5.74, 6) is -0.581. The van der Waals surface area contributed by atoms with Gasteiger partial charge < -0.3 is 10.1 Å². The number of nitrogens with one attached hydrogen (secondary N) is 2. The Morgan fingerprint density at radius 3 is 2.25 bits per heavy atom. The Hall–Kier alpha value is -3.39. The highest BCUT2D eigenvalue weighted by molar-refractivity contribution is 7.92. The van der Waals surface area contributed by atoms with E-state index in [-0.39, 0.29) is 23.0 Å². The van der Waals surface area contributed by atoms with Crippen molar-refractivity contribution in [1.82, 2.24) is 0 Å². The maximum atomic E-state index is 13.8. The van der Waals surface area contributed by atoms with Gasteiger partial charge >= 0.3 is 0 Å². The van der Waals surface area contributed by atoms with Crippen LogP contribution in [0.4, 0.5) is 15.8 Å². The quantitative estimate of drug-likeness (QED) is 0.509. The fourth-order valence-corrected chi connectivity index (χ4v) is 4.44. The number of anilines is 2. The van der Waals surface area contributed by atoms with Gasteiger partial charge in [-0.25, -0.2) is 12.8 Å². The molecule has 168 valence electrons. The Kier molecular flexibility index (Phi) is 7.15. The smallest absolute Gasteiger partial charge is 0.261 e. The zero-order valence-corrected chi connectivity index (χ0v) is 18.9. The number of hydrogen-bond donors (Lipinski definition) is 2. The van der Waals surface area contributed by atoms with E-state index < -0.39 is 15.8 Å². The Morgan fingerprint density at radius 2 is 1.66 bits per heavy atom. The topological polar surface area (TPSA) is 84.5 Å². The minimum atomic E-state index is -3.77. The lowest BCUT2D eigenvalue weighted by Gasteiger charge is -2.13. The molecule has 0 aliphatic rings. The first-order valence-electron chi connectivity index (χ1n) is 10.0. The molecular weight excluding hydrogens is 431 g/mol. The predicted molar refractivity (Wildman–Crippen MR) is 123 cm³/mol.